The average molecular weight is 681 g/mol. The highest BCUT2D eigenvalue weighted by Crippen LogP contribution is 2.41. The third kappa shape index (κ3) is 11.1. The summed E-state index contributed by atoms with van der Waals surface area (Å²) in [5.41, 5.74) is 0.702. The second kappa shape index (κ2) is 18.2. The Morgan fingerprint density at radius 3 is 2.20 bits per heavy atom. The number of amides is 2. The predicted molar refractivity (Wildman–Crippen MR) is 182 cm³/mol. The van der Waals surface area contributed by atoms with Crippen LogP contribution >= 0.6 is 18.9 Å². The number of benzene rings is 1. The number of methoxy groups -OCH3 is 1. The Morgan fingerprint density at radius 1 is 1.07 bits per heavy atom. The lowest BCUT2D eigenvalue weighted by atomic mass is 9.82. The summed E-state index contributed by atoms with van der Waals surface area (Å²) in [5.74, 6) is -2.48. The molecule has 0 aliphatic carbocycles. The van der Waals surface area contributed by atoms with E-state index in [-0.39, 0.29) is 60.1 Å². The first kappa shape index (κ1) is 39.7. The second-order valence-corrected chi connectivity index (χ2v) is 15.4. The Kier molecular flexibility index (Phi) is 15.7. The Labute approximate surface area is 278 Å². The molecule has 0 saturated carbocycles. The van der Waals surface area contributed by atoms with Crippen LogP contribution in [0.5, 0.6) is 0 Å². The highest BCUT2D eigenvalue weighted by Gasteiger charge is 2.37. The van der Waals surface area contributed by atoms with Crippen LogP contribution in [0.15, 0.2) is 35.7 Å². The number of carbonyl (C=O) groups excluding carboxylic acids is 3. The zero-order valence-electron chi connectivity index (χ0n) is 28.6. The number of carbonyl (C=O) groups is 3. The lowest BCUT2D eigenvalue weighted by Crippen LogP contribution is -2.47. The molecule has 13 heteroatoms. The van der Waals surface area contributed by atoms with Crippen molar-refractivity contribution in [3.05, 3.63) is 52.0 Å². The number of Topliss-reactive ketones (excluding diaryl/α,β-unsaturated/α-hetero) is 1. The van der Waals surface area contributed by atoms with Crippen LogP contribution in [-0.4, -0.2) is 76.3 Å². The molecule has 1 heterocycles. The van der Waals surface area contributed by atoms with Gasteiger partial charge in [0, 0.05) is 50.8 Å². The van der Waals surface area contributed by atoms with Gasteiger partial charge in [0.2, 0.25) is 5.91 Å². The van der Waals surface area contributed by atoms with E-state index in [4.69, 9.17) is 4.74 Å². The highest BCUT2D eigenvalue weighted by atomic mass is 32.1. The van der Waals surface area contributed by atoms with Gasteiger partial charge < -0.3 is 30.1 Å². The van der Waals surface area contributed by atoms with Crippen LogP contribution in [0.25, 0.3) is 0 Å². The van der Waals surface area contributed by atoms with Crippen LogP contribution in [-0.2, 0) is 25.3 Å². The number of aromatic nitrogens is 1. The number of ketones is 1. The maximum atomic E-state index is 14.0. The van der Waals surface area contributed by atoms with Crippen molar-refractivity contribution in [3.8, 4) is 0 Å². The van der Waals surface area contributed by atoms with Gasteiger partial charge in [-0.3, -0.25) is 18.9 Å². The highest BCUT2D eigenvalue weighted by molar-refractivity contribution is 7.52. The summed E-state index contributed by atoms with van der Waals surface area (Å²) < 4.78 is 18.0. The van der Waals surface area contributed by atoms with E-state index in [1.54, 1.807) is 56.4 Å². The van der Waals surface area contributed by atoms with Gasteiger partial charge in [-0.25, -0.2) is 4.98 Å². The Morgan fingerprint density at radius 2 is 1.70 bits per heavy atom. The van der Waals surface area contributed by atoms with E-state index in [9.17, 15) is 28.7 Å². The fraction of sp³-hybridized carbons (Fsp3) is 0.636. The first-order chi connectivity index (χ1) is 21.5. The molecular weight excluding hydrogens is 627 g/mol. The van der Waals surface area contributed by atoms with Crippen LogP contribution < -0.4 is 10.6 Å². The average Bonchev–Trinajstić information content (AvgIpc) is 3.49. The summed E-state index contributed by atoms with van der Waals surface area (Å²) in [6, 6.07) is 8.21. The Hall–Kier alpha value is -2.47. The number of nitrogens with zero attached hydrogens (tertiary/aromatic N) is 2. The van der Waals surface area contributed by atoms with Crippen molar-refractivity contribution in [1.82, 2.24) is 20.5 Å². The number of nitrogens with one attached hydrogen (secondary N) is 2. The molecule has 46 heavy (non-hydrogen) atoms. The third-order valence-electron chi connectivity index (χ3n) is 8.75. The van der Waals surface area contributed by atoms with Gasteiger partial charge in [-0.1, -0.05) is 78.3 Å². The summed E-state index contributed by atoms with van der Waals surface area (Å²) in [7, 11) is 0.412. The molecule has 0 spiro atoms. The van der Waals surface area contributed by atoms with Crippen LogP contribution in [0.2, 0.25) is 0 Å². The second-order valence-electron chi connectivity index (χ2n) is 12.7. The Bertz CT molecular complexity index is 1320. The zero-order chi connectivity index (χ0) is 34.8. The number of likely N-dealkylation sites (N-methyl/N-ethyl adjacent to an activating group) is 1. The minimum atomic E-state index is -4.67. The number of hydrogen-bond acceptors (Lipinski definition) is 8. The van der Waals surface area contributed by atoms with Gasteiger partial charge in [-0.2, -0.15) is 0 Å². The molecule has 2 unspecified atom stereocenters. The fourth-order valence-corrected chi connectivity index (χ4v) is 7.32. The molecule has 6 atom stereocenters. The molecule has 2 amide bonds. The summed E-state index contributed by atoms with van der Waals surface area (Å²) in [6.07, 6.45) is 0.729. The van der Waals surface area contributed by atoms with Crippen molar-refractivity contribution < 1.29 is 33.5 Å². The smallest absolute Gasteiger partial charge is 0.347 e. The maximum absolute atomic E-state index is 14.0. The van der Waals surface area contributed by atoms with Crippen molar-refractivity contribution in [2.75, 3.05) is 21.2 Å². The summed E-state index contributed by atoms with van der Waals surface area (Å²) in [4.78, 5) is 66.3. The number of rotatable bonds is 19. The summed E-state index contributed by atoms with van der Waals surface area (Å²) in [5, 5.41) is 7.61. The minimum absolute atomic E-state index is 0.00787. The third-order valence-corrected chi connectivity index (χ3v) is 10.8. The number of ether oxygens (including phenoxy) is 1. The van der Waals surface area contributed by atoms with Crippen LogP contribution in [0.4, 0.5) is 0 Å². The minimum Gasteiger partial charge on any atom is -0.374 e. The van der Waals surface area contributed by atoms with Gasteiger partial charge in [0.05, 0.1) is 6.04 Å². The molecule has 0 saturated heterocycles. The van der Waals surface area contributed by atoms with E-state index in [1.165, 1.54) is 16.7 Å². The molecule has 2 rings (SSSR count). The SMILES string of the molecule is CCC(C)[C@H](CC(=O)[C@@H](NC)C(C)C)C(=O)N(C)[C@H](CC(OC)c1nc(C(=O)N[C@@H](Cc2ccccc2)P(=O)(O)O)cs1)C(C)C. The van der Waals surface area contributed by atoms with Crippen LogP contribution in [0.1, 0.15) is 88.0 Å². The van der Waals surface area contributed by atoms with Crippen molar-refractivity contribution >= 4 is 36.5 Å². The molecule has 0 radical (unpaired) electrons. The van der Waals surface area contributed by atoms with Crippen LogP contribution in [0.3, 0.4) is 0 Å². The molecule has 1 aromatic carbocycles. The van der Waals surface area contributed by atoms with Gasteiger partial charge in [0.1, 0.15) is 22.6 Å². The Balaban J connectivity index is 2.24. The van der Waals surface area contributed by atoms with Crippen LogP contribution in [0, 0.1) is 23.7 Å². The first-order valence-corrected chi connectivity index (χ1v) is 18.5. The number of hydrogen-bond donors (Lipinski definition) is 4. The fourth-order valence-electron chi connectivity index (χ4n) is 5.70. The number of thiazole rings is 1. The van der Waals surface area contributed by atoms with E-state index in [2.05, 4.69) is 15.6 Å². The van der Waals surface area contributed by atoms with Gasteiger partial charge in [-0.15, -0.1) is 11.3 Å². The molecule has 11 nitrogen and oxygen atoms in total. The van der Waals surface area contributed by atoms with E-state index in [1.807, 2.05) is 41.5 Å². The van der Waals surface area contributed by atoms with Crippen molar-refractivity contribution in [1.29, 1.82) is 0 Å². The normalized spacial score (nSPS) is 16.0. The largest absolute Gasteiger partial charge is 0.374 e. The predicted octanol–water partition coefficient (Wildman–Crippen LogP) is 5.05. The molecule has 0 fully saturated rings. The van der Waals surface area contributed by atoms with Crippen molar-refractivity contribution in [2.24, 2.45) is 23.7 Å². The summed E-state index contributed by atoms with van der Waals surface area (Å²) >= 11 is 1.21. The zero-order valence-corrected chi connectivity index (χ0v) is 30.3. The van der Waals surface area contributed by atoms with Gasteiger partial charge in [-0.05, 0) is 30.4 Å². The van der Waals surface area contributed by atoms with Gasteiger partial charge in [0.15, 0.2) is 5.78 Å². The van der Waals surface area contributed by atoms with Crippen molar-refractivity contribution in [3.63, 3.8) is 0 Å². The molecule has 0 aliphatic rings. The van der Waals surface area contributed by atoms with Crippen molar-refractivity contribution in [2.45, 2.75) is 91.2 Å². The van der Waals surface area contributed by atoms with E-state index in [0.717, 1.165) is 6.42 Å². The first-order valence-electron chi connectivity index (χ1n) is 15.9. The standard InChI is InChI=1S/C33H53N4O7PS/c1-10-22(6)24(17-27(38)30(34-7)21(4)5)33(40)37(8)26(20(2)3)18-28(44-9)32-35-25(19-46-32)31(39)36-29(45(41,42)43)16-23-14-12-11-13-15-23/h11-15,19-22,24,26,28-30,34H,10,16-18H2,1-9H3,(H,36,39)(H2,41,42,43)/t22?,24-,26+,28?,29+,30-/m0/s1. The lowest BCUT2D eigenvalue weighted by Gasteiger charge is -2.37. The molecule has 0 aliphatic heterocycles. The molecular formula is C33H53N4O7PS. The van der Waals surface area contributed by atoms with E-state index >= 15 is 0 Å². The van der Waals surface area contributed by atoms with Gasteiger partial charge >= 0.3 is 7.60 Å². The lowest BCUT2D eigenvalue weighted by molar-refractivity contribution is -0.142. The quantitative estimate of drug-likeness (QED) is 0.149. The topological polar surface area (TPSA) is 158 Å². The molecule has 2 aromatic rings. The summed E-state index contributed by atoms with van der Waals surface area (Å²) in [6.45, 7) is 12.0. The molecule has 0 bridgehead atoms. The monoisotopic (exact) mass is 680 g/mol. The molecule has 4 N–H and O–H groups in total. The maximum Gasteiger partial charge on any atom is 0.347 e. The molecule has 1 aromatic heterocycles. The molecule has 258 valence electrons. The van der Waals surface area contributed by atoms with E-state index < -0.39 is 31.3 Å². The van der Waals surface area contributed by atoms with E-state index in [0.29, 0.717) is 17.0 Å². The van der Waals surface area contributed by atoms with Gasteiger partial charge in [0.25, 0.3) is 5.91 Å².